The lowest BCUT2D eigenvalue weighted by molar-refractivity contribution is -0.120. The van der Waals surface area contributed by atoms with Crippen molar-refractivity contribution in [3.63, 3.8) is 0 Å². The molecule has 0 fully saturated rings. The highest BCUT2D eigenvalue weighted by molar-refractivity contribution is 7.22. The van der Waals surface area contributed by atoms with E-state index in [-0.39, 0.29) is 19.1 Å². The van der Waals surface area contributed by atoms with Gasteiger partial charge in [-0.3, -0.25) is 14.7 Å². The maximum atomic E-state index is 13.1. The number of halogens is 1. The molecule has 4 aromatic rings. The van der Waals surface area contributed by atoms with Crippen LogP contribution in [0.2, 0.25) is 5.02 Å². The monoisotopic (exact) mass is 439 g/mol. The van der Waals surface area contributed by atoms with Crippen LogP contribution in [0.5, 0.6) is 11.5 Å². The van der Waals surface area contributed by atoms with Crippen molar-refractivity contribution in [1.82, 2.24) is 9.97 Å². The molecule has 1 amide bonds. The molecule has 0 aliphatic heterocycles. The number of nitrogens with zero attached hydrogens (tertiary/aromatic N) is 3. The Hall–Kier alpha value is -3.16. The molecule has 0 radical (unpaired) electrons. The van der Waals surface area contributed by atoms with Crippen molar-refractivity contribution >= 4 is 44.2 Å². The average molecular weight is 440 g/mol. The van der Waals surface area contributed by atoms with Gasteiger partial charge < -0.3 is 9.47 Å². The molecule has 0 aliphatic rings. The lowest BCUT2D eigenvalue weighted by atomic mass is 10.3. The van der Waals surface area contributed by atoms with Gasteiger partial charge in [0.2, 0.25) is 0 Å². The van der Waals surface area contributed by atoms with Gasteiger partial charge in [0.05, 0.1) is 29.1 Å². The molecule has 8 heteroatoms. The van der Waals surface area contributed by atoms with Crippen LogP contribution in [0.25, 0.3) is 10.2 Å². The van der Waals surface area contributed by atoms with Gasteiger partial charge in [-0.15, -0.1) is 0 Å². The van der Waals surface area contributed by atoms with Crippen molar-refractivity contribution in [2.75, 3.05) is 18.6 Å². The van der Waals surface area contributed by atoms with Crippen LogP contribution >= 0.6 is 22.9 Å². The number of carbonyl (C=O) groups excluding carboxylic acids is 1. The molecule has 2 heterocycles. The van der Waals surface area contributed by atoms with Gasteiger partial charge in [0.15, 0.2) is 11.7 Å². The van der Waals surface area contributed by atoms with Crippen molar-refractivity contribution in [3.8, 4) is 11.5 Å². The van der Waals surface area contributed by atoms with E-state index < -0.39 is 0 Å². The third kappa shape index (κ3) is 4.53. The number of carbonyl (C=O) groups is 1. The fourth-order valence-electron chi connectivity index (χ4n) is 2.83. The van der Waals surface area contributed by atoms with Crippen LogP contribution in [0.3, 0.4) is 0 Å². The normalized spacial score (nSPS) is 10.7. The average Bonchev–Trinajstić information content (AvgIpc) is 3.22. The summed E-state index contributed by atoms with van der Waals surface area (Å²) in [6.07, 6.45) is 1.70. The molecule has 6 nitrogen and oxygen atoms in total. The minimum Gasteiger partial charge on any atom is -0.497 e. The molecular formula is C22H18ClN3O3S. The van der Waals surface area contributed by atoms with Crippen molar-refractivity contribution in [2.45, 2.75) is 6.54 Å². The van der Waals surface area contributed by atoms with Crippen LogP contribution in [0.1, 0.15) is 5.69 Å². The fourth-order valence-corrected chi connectivity index (χ4v) is 4.11. The molecule has 0 spiro atoms. The highest BCUT2D eigenvalue weighted by atomic mass is 35.5. The number of pyridine rings is 1. The summed E-state index contributed by atoms with van der Waals surface area (Å²) in [5, 5.41) is 1.10. The third-order valence-electron chi connectivity index (χ3n) is 4.36. The van der Waals surface area contributed by atoms with Crippen LogP contribution in [0.15, 0.2) is 66.9 Å². The number of para-hydroxylation sites is 1. The van der Waals surface area contributed by atoms with Crippen molar-refractivity contribution in [2.24, 2.45) is 0 Å². The second-order valence-electron chi connectivity index (χ2n) is 6.35. The number of hydrogen-bond acceptors (Lipinski definition) is 6. The molecule has 2 aromatic carbocycles. The van der Waals surface area contributed by atoms with Gasteiger partial charge in [0, 0.05) is 6.20 Å². The van der Waals surface area contributed by atoms with E-state index in [0.29, 0.717) is 21.4 Å². The Kier molecular flexibility index (Phi) is 6.11. The van der Waals surface area contributed by atoms with Crippen LogP contribution in [0, 0.1) is 0 Å². The Morgan fingerprint density at radius 2 is 1.87 bits per heavy atom. The molecule has 4 rings (SSSR count). The lowest BCUT2D eigenvalue weighted by Crippen LogP contribution is -2.34. The van der Waals surface area contributed by atoms with Crippen LogP contribution < -0.4 is 14.4 Å². The van der Waals surface area contributed by atoms with Crippen LogP contribution in [-0.4, -0.2) is 29.6 Å². The summed E-state index contributed by atoms with van der Waals surface area (Å²) in [5.74, 6) is 1.07. The zero-order chi connectivity index (χ0) is 20.9. The van der Waals surface area contributed by atoms with Crippen LogP contribution in [0.4, 0.5) is 5.13 Å². The Labute approximate surface area is 182 Å². The van der Waals surface area contributed by atoms with Gasteiger partial charge in [0.25, 0.3) is 5.91 Å². The smallest absolute Gasteiger partial charge is 0.267 e. The molecule has 30 heavy (non-hydrogen) atoms. The van der Waals surface area contributed by atoms with Crippen molar-refractivity contribution in [1.29, 1.82) is 0 Å². The largest absolute Gasteiger partial charge is 0.497 e. The maximum Gasteiger partial charge on any atom is 0.267 e. The summed E-state index contributed by atoms with van der Waals surface area (Å²) in [5.41, 5.74) is 1.43. The summed E-state index contributed by atoms with van der Waals surface area (Å²) in [6, 6.07) is 18.2. The first kappa shape index (κ1) is 20.1. The summed E-state index contributed by atoms with van der Waals surface area (Å²) in [7, 11) is 1.60. The van der Waals surface area contributed by atoms with Crippen molar-refractivity contribution in [3.05, 3.63) is 77.6 Å². The van der Waals surface area contributed by atoms with E-state index in [0.717, 1.165) is 16.1 Å². The first-order chi connectivity index (χ1) is 14.6. The van der Waals surface area contributed by atoms with E-state index in [4.69, 9.17) is 21.1 Å². The Morgan fingerprint density at radius 3 is 2.57 bits per heavy atom. The van der Waals surface area contributed by atoms with E-state index in [9.17, 15) is 4.79 Å². The number of fused-ring (bicyclic) bond motifs is 1. The molecule has 0 saturated carbocycles. The van der Waals surface area contributed by atoms with E-state index in [1.165, 1.54) is 11.3 Å². The first-order valence-electron chi connectivity index (χ1n) is 9.16. The lowest BCUT2D eigenvalue weighted by Gasteiger charge is -2.19. The summed E-state index contributed by atoms with van der Waals surface area (Å²) in [6.45, 7) is 0.145. The maximum absolute atomic E-state index is 13.1. The Balaban J connectivity index is 1.58. The number of thiazole rings is 1. The van der Waals surface area contributed by atoms with E-state index in [1.54, 1.807) is 48.5 Å². The molecule has 152 valence electrons. The van der Waals surface area contributed by atoms with Gasteiger partial charge in [-0.25, -0.2) is 4.98 Å². The van der Waals surface area contributed by atoms with E-state index in [1.807, 2.05) is 30.3 Å². The summed E-state index contributed by atoms with van der Waals surface area (Å²) >= 11 is 7.68. The zero-order valence-corrected chi connectivity index (χ0v) is 17.7. The SMILES string of the molecule is COc1ccc(OCC(=O)N(Cc2ccccn2)c2nc3c(Cl)cccc3s2)cc1. The highest BCUT2D eigenvalue weighted by Crippen LogP contribution is 2.33. The second-order valence-corrected chi connectivity index (χ2v) is 7.76. The number of rotatable bonds is 7. The topological polar surface area (TPSA) is 64.6 Å². The highest BCUT2D eigenvalue weighted by Gasteiger charge is 2.22. The molecular weight excluding hydrogens is 422 g/mol. The molecule has 0 saturated heterocycles. The zero-order valence-electron chi connectivity index (χ0n) is 16.1. The quantitative estimate of drug-likeness (QED) is 0.407. The molecule has 0 unspecified atom stereocenters. The van der Waals surface area contributed by atoms with Gasteiger partial charge in [-0.2, -0.15) is 0 Å². The standard InChI is InChI=1S/C22H18ClN3O3S/c1-28-16-8-10-17(11-9-16)29-14-20(27)26(13-15-5-2-3-12-24-15)22-25-21-18(23)6-4-7-19(21)30-22/h2-12H,13-14H2,1H3. The van der Waals surface area contributed by atoms with E-state index in [2.05, 4.69) is 9.97 Å². The summed E-state index contributed by atoms with van der Waals surface area (Å²) in [4.78, 5) is 23.6. The number of hydrogen-bond donors (Lipinski definition) is 0. The first-order valence-corrected chi connectivity index (χ1v) is 10.4. The number of anilines is 1. The van der Waals surface area contributed by atoms with Gasteiger partial charge in [0.1, 0.15) is 17.0 Å². The predicted molar refractivity (Wildman–Crippen MR) is 119 cm³/mol. The van der Waals surface area contributed by atoms with Gasteiger partial charge in [-0.05, 0) is 48.5 Å². The Morgan fingerprint density at radius 1 is 1.07 bits per heavy atom. The predicted octanol–water partition coefficient (Wildman–Crippen LogP) is 4.97. The molecule has 0 N–H and O–H groups in total. The van der Waals surface area contributed by atoms with Gasteiger partial charge in [-0.1, -0.05) is 35.1 Å². The summed E-state index contributed by atoms with van der Waals surface area (Å²) < 4.78 is 11.7. The number of ether oxygens (including phenoxy) is 2. The van der Waals surface area contributed by atoms with E-state index >= 15 is 0 Å². The minimum atomic E-state index is -0.230. The molecule has 2 aromatic heterocycles. The molecule has 0 bridgehead atoms. The van der Waals surface area contributed by atoms with Crippen LogP contribution in [-0.2, 0) is 11.3 Å². The molecule has 0 atom stereocenters. The fraction of sp³-hybridized carbons (Fsp3) is 0.136. The number of amides is 1. The molecule has 0 aliphatic carbocycles. The number of methoxy groups -OCH3 is 1. The number of benzene rings is 2. The minimum absolute atomic E-state index is 0.136. The van der Waals surface area contributed by atoms with Crippen molar-refractivity contribution < 1.29 is 14.3 Å². The third-order valence-corrected chi connectivity index (χ3v) is 5.71. The second kappa shape index (κ2) is 9.11. The van der Waals surface area contributed by atoms with Gasteiger partial charge >= 0.3 is 0 Å². The Bertz CT molecular complexity index is 1150. The number of aromatic nitrogens is 2.